The maximum Gasteiger partial charge on any atom is 0.326 e. The van der Waals surface area contributed by atoms with Crippen LogP contribution in [-0.2, 0) is 16.0 Å². The third kappa shape index (κ3) is 4.41. The second-order valence-electron chi connectivity index (χ2n) is 3.97. The molecule has 2 N–H and O–H groups in total. The maximum absolute atomic E-state index is 11.7. The summed E-state index contributed by atoms with van der Waals surface area (Å²) in [5, 5.41) is 11.4. The Kier molecular flexibility index (Phi) is 5.71. The van der Waals surface area contributed by atoms with E-state index in [4.69, 9.17) is 5.11 Å². The minimum Gasteiger partial charge on any atom is -0.480 e. The molecule has 1 rings (SSSR count). The Hall–Kier alpha value is -1.49. The van der Waals surface area contributed by atoms with E-state index in [2.05, 4.69) is 5.32 Å². The van der Waals surface area contributed by atoms with Gasteiger partial charge in [0.2, 0.25) is 5.91 Å². The number of carbonyl (C=O) groups excluding carboxylic acids is 1. The van der Waals surface area contributed by atoms with E-state index < -0.39 is 12.0 Å². The molecule has 0 aliphatic carbocycles. The SMILES string of the molecule is CSC(C)C(=O)NC(Cc1ccccc1)C(=O)O. The first-order valence-electron chi connectivity index (χ1n) is 5.64. The summed E-state index contributed by atoms with van der Waals surface area (Å²) >= 11 is 1.39. The first-order chi connectivity index (χ1) is 8.54. The number of carboxylic acid groups (broad SMARTS) is 1. The quantitative estimate of drug-likeness (QED) is 0.820. The standard InChI is InChI=1S/C13H17NO3S/c1-9(18-2)12(15)14-11(13(16)17)8-10-6-4-3-5-7-10/h3-7,9,11H,8H2,1-2H3,(H,14,15)(H,16,17). The number of nitrogens with one attached hydrogen (secondary N) is 1. The fourth-order valence-corrected chi connectivity index (χ4v) is 1.73. The molecule has 4 nitrogen and oxygen atoms in total. The van der Waals surface area contributed by atoms with Crippen LogP contribution in [0.25, 0.3) is 0 Å². The molecule has 0 saturated heterocycles. The lowest BCUT2D eigenvalue weighted by atomic mass is 10.1. The minimum absolute atomic E-state index is 0.245. The van der Waals surface area contributed by atoms with Gasteiger partial charge >= 0.3 is 5.97 Å². The number of aliphatic carboxylic acids is 1. The molecule has 0 aromatic heterocycles. The molecular weight excluding hydrogens is 250 g/mol. The Morgan fingerprint density at radius 2 is 1.94 bits per heavy atom. The van der Waals surface area contributed by atoms with E-state index in [9.17, 15) is 9.59 Å². The number of rotatable bonds is 6. The van der Waals surface area contributed by atoms with Crippen LogP contribution in [0.15, 0.2) is 30.3 Å². The van der Waals surface area contributed by atoms with Gasteiger partial charge in [0.25, 0.3) is 0 Å². The van der Waals surface area contributed by atoms with Crippen LogP contribution in [0.2, 0.25) is 0 Å². The van der Waals surface area contributed by atoms with Gasteiger partial charge in [-0.1, -0.05) is 30.3 Å². The van der Waals surface area contributed by atoms with Gasteiger partial charge in [-0.05, 0) is 18.7 Å². The van der Waals surface area contributed by atoms with Gasteiger partial charge in [0, 0.05) is 6.42 Å². The number of thioether (sulfide) groups is 1. The second kappa shape index (κ2) is 7.06. The monoisotopic (exact) mass is 267 g/mol. The van der Waals surface area contributed by atoms with E-state index in [1.165, 1.54) is 11.8 Å². The number of hydrogen-bond donors (Lipinski definition) is 2. The highest BCUT2D eigenvalue weighted by molar-refractivity contribution is 7.99. The number of hydrogen-bond acceptors (Lipinski definition) is 3. The maximum atomic E-state index is 11.7. The summed E-state index contributed by atoms with van der Waals surface area (Å²) < 4.78 is 0. The summed E-state index contributed by atoms with van der Waals surface area (Å²) in [5.41, 5.74) is 0.891. The van der Waals surface area contributed by atoms with Gasteiger partial charge in [0.05, 0.1) is 5.25 Å². The molecule has 2 atom stereocenters. The molecule has 1 amide bonds. The first kappa shape index (κ1) is 14.6. The zero-order valence-corrected chi connectivity index (χ0v) is 11.2. The normalized spacial score (nSPS) is 13.7. The first-order valence-corrected chi connectivity index (χ1v) is 6.93. The summed E-state index contributed by atoms with van der Waals surface area (Å²) in [6.07, 6.45) is 2.11. The van der Waals surface area contributed by atoms with Gasteiger partial charge in [0.1, 0.15) is 6.04 Å². The number of carboxylic acids is 1. The van der Waals surface area contributed by atoms with Crippen LogP contribution in [0, 0.1) is 0 Å². The lowest BCUT2D eigenvalue weighted by molar-refractivity contribution is -0.141. The summed E-state index contributed by atoms with van der Waals surface area (Å²) in [6, 6.07) is 8.38. The van der Waals surface area contributed by atoms with Gasteiger partial charge in [-0.25, -0.2) is 4.79 Å². The van der Waals surface area contributed by atoms with E-state index in [1.807, 2.05) is 36.6 Å². The van der Waals surface area contributed by atoms with Gasteiger partial charge in [-0.2, -0.15) is 11.8 Å². The van der Waals surface area contributed by atoms with E-state index in [0.717, 1.165) is 5.56 Å². The van der Waals surface area contributed by atoms with Gasteiger partial charge in [-0.15, -0.1) is 0 Å². The zero-order valence-electron chi connectivity index (χ0n) is 10.4. The molecule has 5 heteroatoms. The van der Waals surface area contributed by atoms with Gasteiger partial charge in [0.15, 0.2) is 0 Å². The lowest BCUT2D eigenvalue weighted by Gasteiger charge is -2.16. The lowest BCUT2D eigenvalue weighted by Crippen LogP contribution is -2.45. The fourth-order valence-electron chi connectivity index (χ4n) is 1.45. The van der Waals surface area contributed by atoms with Gasteiger partial charge in [-0.3, -0.25) is 4.79 Å². The predicted octanol–water partition coefficient (Wildman–Crippen LogP) is 1.55. The number of benzene rings is 1. The van der Waals surface area contributed by atoms with Crippen LogP contribution in [0.5, 0.6) is 0 Å². The molecule has 98 valence electrons. The third-order valence-corrected chi connectivity index (χ3v) is 3.54. The Bertz CT molecular complexity index is 408. The zero-order chi connectivity index (χ0) is 13.5. The summed E-state index contributed by atoms with van der Waals surface area (Å²) in [6.45, 7) is 1.75. The molecule has 0 bridgehead atoms. The molecule has 2 unspecified atom stereocenters. The molecule has 0 aliphatic heterocycles. The average molecular weight is 267 g/mol. The topological polar surface area (TPSA) is 66.4 Å². The molecule has 1 aromatic carbocycles. The largest absolute Gasteiger partial charge is 0.480 e. The molecule has 18 heavy (non-hydrogen) atoms. The molecule has 0 heterocycles. The third-order valence-electron chi connectivity index (χ3n) is 2.62. The molecule has 0 fully saturated rings. The Morgan fingerprint density at radius 1 is 1.33 bits per heavy atom. The highest BCUT2D eigenvalue weighted by Gasteiger charge is 2.22. The summed E-state index contributed by atoms with van der Waals surface area (Å²) in [5.74, 6) is -1.26. The highest BCUT2D eigenvalue weighted by atomic mass is 32.2. The van der Waals surface area contributed by atoms with Crippen LogP contribution in [0.3, 0.4) is 0 Å². The minimum atomic E-state index is -1.01. The highest BCUT2D eigenvalue weighted by Crippen LogP contribution is 2.07. The predicted molar refractivity (Wildman–Crippen MR) is 72.7 cm³/mol. The smallest absolute Gasteiger partial charge is 0.326 e. The Labute approximate surface area is 111 Å². The second-order valence-corrected chi connectivity index (χ2v) is 5.15. The summed E-state index contributed by atoms with van der Waals surface area (Å²) in [4.78, 5) is 22.8. The van der Waals surface area contributed by atoms with Crippen LogP contribution < -0.4 is 5.32 Å². The number of carbonyl (C=O) groups is 2. The van der Waals surface area contributed by atoms with Crippen LogP contribution >= 0.6 is 11.8 Å². The van der Waals surface area contributed by atoms with Crippen molar-refractivity contribution in [3.63, 3.8) is 0 Å². The van der Waals surface area contributed by atoms with Crippen molar-refractivity contribution < 1.29 is 14.7 Å². The van der Waals surface area contributed by atoms with Gasteiger partial charge < -0.3 is 10.4 Å². The van der Waals surface area contributed by atoms with Crippen molar-refractivity contribution in [3.8, 4) is 0 Å². The van der Waals surface area contributed by atoms with E-state index in [1.54, 1.807) is 6.92 Å². The van der Waals surface area contributed by atoms with Crippen molar-refractivity contribution in [3.05, 3.63) is 35.9 Å². The van der Waals surface area contributed by atoms with E-state index in [-0.39, 0.29) is 11.2 Å². The molecule has 0 aliphatic rings. The van der Waals surface area contributed by atoms with Crippen LogP contribution in [0.4, 0.5) is 0 Å². The van der Waals surface area contributed by atoms with E-state index >= 15 is 0 Å². The van der Waals surface area contributed by atoms with Crippen LogP contribution in [-0.4, -0.2) is 34.5 Å². The summed E-state index contributed by atoms with van der Waals surface area (Å²) in [7, 11) is 0. The molecule has 0 radical (unpaired) electrons. The van der Waals surface area contributed by atoms with Crippen molar-refractivity contribution in [2.24, 2.45) is 0 Å². The Balaban J connectivity index is 2.67. The van der Waals surface area contributed by atoms with Crippen molar-refractivity contribution in [1.82, 2.24) is 5.32 Å². The van der Waals surface area contributed by atoms with Crippen molar-refractivity contribution in [1.29, 1.82) is 0 Å². The average Bonchev–Trinajstić information content (AvgIpc) is 2.37. The fraction of sp³-hybridized carbons (Fsp3) is 0.385. The van der Waals surface area contributed by atoms with Crippen molar-refractivity contribution >= 4 is 23.6 Å². The van der Waals surface area contributed by atoms with Crippen LogP contribution in [0.1, 0.15) is 12.5 Å². The Morgan fingerprint density at radius 3 is 2.44 bits per heavy atom. The van der Waals surface area contributed by atoms with E-state index in [0.29, 0.717) is 6.42 Å². The van der Waals surface area contributed by atoms with Crippen molar-refractivity contribution in [2.45, 2.75) is 24.6 Å². The molecule has 0 spiro atoms. The van der Waals surface area contributed by atoms with Crippen molar-refractivity contribution in [2.75, 3.05) is 6.26 Å². The molecular formula is C13H17NO3S. The molecule has 0 saturated carbocycles. The molecule has 1 aromatic rings. The number of amides is 1.